The summed E-state index contributed by atoms with van der Waals surface area (Å²) in [6.07, 6.45) is 3.17. The molecular weight excluding hydrogens is 357 g/mol. The van der Waals surface area contributed by atoms with Crippen molar-refractivity contribution in [3.63, 3.8) is 0 Å². The van der Waals surface area contributed by atoms with Crippen LogP contribution >= 0.6 is 0 Å². The quantitative estimate of drug-likeness (QED) is 0.441. The predicted molar refractivity (Wildman–Crippen MR) is 113 cm³/mol. The van der Waals surface area contributed by atoms with E-state index in [1.165, 1.54) is 6.92 Å². The summed E-state index contributed by atoms with van der Waals surface area (Å²) in [4.78, 5) is 27.9. The van der Waals surface area contributed by atoms with Gasteiger partial charge in [-0.3, -0.25) is 9.59 Å². The SMILES string of the molecule is CCN(CC)C[C@@H]1CC[C@@H](CCB(O)O)C[C@]1(NC(C)=O)C(=O)NC(C)(C)C. The van der Waals surface area contributed by atoms with Gasteiger partial charge in [0.15, 0.2) is 0 Å². The molecule has 162 valence electrons. The van der Waals surface area contributed by atoms with Crippen LogP contribution in [0, 0.1) is 11.8 Å². The number of carbonyl (C=O) groups is 2. The van der Waals surface area contributed by atoms with Crippen LogP contribution < -0.4 is 10.6 Å². The highest BCUT2D eigenvalue weighted by Gasteiger charge is 2.51. The van der Waals surface area contributed by atoms with Crippen LogP contribution in [0.5, 0.6) is 0 Å². The average molecular weight is 397 g/mol. The normalized spacial score (nSPS) is 25.5. The highest BCUT2D eigenvalue weighted by molar-refractivity contribution is 6.40. The molecule has 7 nitrogen and oxygen atoms in total. The van der Waals surface area contributed by atoms with Gasteiger partial charge in [-0.15, -0.1) is 0 Å². The second-order valence-corrected chi connectivity index (χ2v) is 9.24. The third-order valence-electron chi connectivity index (χ3n) is 5.73. The van der Waals surface area contributed by atoms with Crippen molar-refractivity contribution in [3.05, 3.63) is 0 Å². The largest absolute Gasteiger partial charge is 0.451 e. The van der Waals surface area contributed by atoms with Crippen molar-refractivity contribution in [1.82, 2.24) is 15.5 Å². The lowest BCUT2D eigenvalue weighted by Crippen LogP contribution is -2.68. The summed E-state index contributed by atoms with van der Waals surface area (Å²) in [7, 11) is -1.34. The lowest BCUT2D eigenvalue weighted by atomic mass is 9.64. The van der Waals surface area contributed by atoms with Crippen LogP contribution in [0.25, 0.3) is 0 Å². The van der Waals surface area contributed by atoms with Gasteiger partial charge in [0, 0.05) is 24.9 Å². The highest BCUT2D eigenvalue weighted by Crippen LogP contribution is 2.40. The van der Waals surface area contributed by atoms with E-state index in [0.29, 0.717) is 12.8 Å². The van der Waals surface area contributed by atoms with Crippen LogP contribution in [0.1, 0.15) is 67.2 Å². The summed E-state index contributed by atoms with van der Waals surface area (Å²) >= 11 is 0. The molecule has 0 unspecified atom stereocenters. The van der Waals surface area contributed by atoms with E-state index in [4.69, 9.17) is 0 Å². The van der Waals surface area contributed by atoms with E-state index in [-0.39, 0.29) is 30.0 Å². The van der Waals surface area contributed by atoms with E-state index in [0.717, 1.165) is 32.5 Å². The summed E-state index contributed by atoms with van der Waals surface area (Å²) in [6, 6.07) is 0. The standard InChI is InChI=1S/C20H40BN3O4/c1-7-24(8-2)14-17-10-9-16(11-12-21(27)28)13-20(17,22-15(3)25)18(26)23-19(4,5)6/h16-17,27-28H,7-14H2,1-6H3,(H,22,25)(H,23,26)/t16-,17-,20+/m0/s1. The first-order valence-corrected chi connectivity index (χ1v) is 10.6. The Morgan fingerprint density at radius 3 is 2.25 bits per heavy atom. The monoisotopic (exact) mass is 397 g/mol. The van der Waals surface area contributed by atoms with Gasteiger partial charge < -0.3 is 25.6 Å². The minimum absolute atomic E-state index is 0.00829. The molecule has 0 radical (unpaired) electrons. The molecule has 0 saturated heterocycles. The number of nitrogens with zero attached hydrogens (tertiary/aromatic N) is 1. The molecule has 3 atom stereocenters. The first-order valence-electron chi connectivity index (χ1n) is 10.6. The van der Waals surface area contributed by atoms with E-state index in [1.54, 1.807) is 0 Å². The van der Waals surface area contributed by atoms with E-state index >= 15 is 0 Å². The van der Waals surface area contributed by atoms with Crippen molar-refractivity contribution < 1.29 is 19.6 Å². The molecular formula is C20H40BN3O4. The lowest BCUT2D eigenvalue weighted by Gasteiger charge is -2.48. The van der Waals surface area contributed by atoms with Gasteiger partial charge >= 0.3 is 7.12 Å². The number of amides is 2. The van der Waals surface area contributed by atoms with Crippen LogP contribution in [0.15, 0.2) is 0 Å². The first-order chi connectivity index (χ1) is 12.9. The van der Waals surface area contributed by atoms with Gasteiger partial charge in [-0.25, -0.2) is 0 Å². The maximum Gasteiger partial charge on any atom is 0.451 e. The Morgan fingerprint density at radius 1 is 1.18 bits per heavy atom. The fourth-order valence-corrected chi connectivity index (χ4v) is 4.33. The molecule has 0 spiro atoms. The Kier molecular flexibility index (Phi) is 9.44. The fourth-order valence-electron chi connectivity index (χ4n) is 4.33. The van der Waals surface area contributed by atoms with Gasteiger partial charge in [0.2, 0.25) is 11.8 Å². The maximum absolute atomic E-state index is 13.5. The molecule has 0 aromatic carbocycles. The van der Waals surface area contributed by atoms with Crippen molar-refractivity contribution in [2.24, 2.45) is 11.8 Å². The van der Waals surface area contributed by atoms with Crippen molar-refractivity contribution in [1.29, 1.82) is 0 Å². The lowest BCUT2D eigenvalue weighted by molar-refractivity contribution is -0.140. The molecule has 1 aliphatic rings. The molecule has 4 N–H and O–H groups in total. The third kappa shape index (κ3) is 7.37. The summed E-state index contributed by atoms with van der Waals surface area (Å²) in [5, 5.41) is 24.6. The number of hydrogen-bond donors (Lipinski definition) is 4. The van der Waals surface area contributed by atoms with Crippen molar-refractivity contribution in [3.8, 4) is 0 Å². The van der Waals surface area contributed by atoms with Gasteiger partial charge in [0.1, 0.15) is 5.54 Å². The minimum Gasteiger partial charge on any atom is -0.427 e. The Labute approximate surface area is 170 Å². The molecule has 2 amide bonds. The summed E-state index contributed by atoms with van der Waals surface area (Å²) in [5.41, 5.74) is -1.39. The molecule has 0 aliphatic heterocycles. The number of rotatable bonds is 9. The highest BCUT2D eigenvalue weighted by atomic mass is 16.4. The van der Waals surface area contributed by atoms with Gasteiger partial charge in [0.25, 0.3) is 0 Å². The van der Waals surface area contributed by atoms with Gasteiger partial charge in [-0.2, -0.15) is 0 Å². The number of hydrogen-bond acceptors (Lipinski definition) is 5. The fraction of sp³-hybridized carbons (Fsp3) is 0.900. The van der Waals surface area contributed by atoms with Crippen molar-refractivity contribution in [2.45, 2.75) is 84.6 Å². The second-order valence-electron chi connectivity index (χ2n) is 9.24. The van der Waals surface area contributed by atoms with Gasteiger partial charge in [-0.1, -0.05) is 20.3 Å². The Hall–Kier alpha value is -1.12. The van der Waals surface area contributed by atoms with Crippen LogP contribution in [0.2, 0.25) is 6.32 Å². The van der Waals surface area contributed by atoms with E-state index in [2.05, 4.69) is 29.4 Å². The Balaban J connectivity index is 3.23. The molecule has 0 bridgehead atoms. The van der Waals surface area contributed by atoms with E-state index < -0.39 is 18.2 Å². The summed E-state index contributed by atoms with van der Waals surface area (Å²) in [6.45, 7) is 14.0. The van der Waals surface area contributed by atoms with Crippen molar-refractivity contribution in [2.75, 3.05) is 19.6 Å². The molecule has 28 heavy (non-hydrogen) atoms. The van der Waals surface area contributed by atoms with Crippen LogP contribution in [0.4, 0.5) is 0 Å². The first kappa shape index (κ1) is 24.9. The molecule has 1 rings (SSSR count). The zero-order valence-corrected chi connectivity index (χ0v) is 18.5. The zero-order chi connectivity index (χ0) is 21.5. The van der Waals surface area contributed by atoms with Crippen molar-refractivity contribution >= 4 is 18.9 Å². The van der Waals surface area contributed by atoms with E-state index in [1.807, 2.05) is 20.8 Å². The van der Waals surface area contributed by atoms with Crippen LogP contribution in [-0.2, 0) is 9.59 Å². The average Bonchev–Trinajstić information content (AvgIpc) is 2.57. The second kappa shape index (κ2) is 10.6. The number of nitrogens with one attached hydrogen (secondary N) is 2. The molecule has 1 fully saturated rings. The summed E-state index contributed by atoms with van der Waals surface area (Å²) < 4.78 is 0. The molecule has 8 heteroatoms. The number of carbonyl (C=O) groups excluding carboxylic acids is 2. The van der Waals surface area contributed by atoms with E-state index in [9.17, 15) is 19.6 Å². The van der Waals surface area contributed by atoms with Crippen LogP contribution in [0.3, 0.4) is 0 Å². The third-order valence-corrected chi connectivity index (χ3v) is 5.73. The Bertz CT molecular complexity index is 520. The van der Waals surface area contributed by atoms with Crippen LogP contribution in [-0.4, -0.2) is 64.6 Å². The predicted octanol–water partition coefficient (Wildman–Crippen LogP) is 1.40. The van der Waals surface area contributed by atoms with Gasteiger partial charge in [0.05, 0.1) is 0 Å². The molecule has 0 aromatic heterocycles. The maximum atomic E-state index is 13.5. The van der Waals surface area contributed by atoms with Gasteiger partial charge in [-0.05, 0) is 65.4 Å². The Morgan fingerprint density at radius 2 is 1.79 bits per heavy atom. The zero-order valence-electron chi connectivity index (χ0n) is 18.5. The summed E-state index contributed by atoms with van der Waals surface area (Å²) in [5.74, 6) is -0.181. The molecule has 1 aliphatic carbocycles. The minimum atomic E-state index is -1.34. The molecule has 1 saturated carbocycles. The molecule has 0 aromatic rings. The molecule has 0 heterocycles. The smallest absolute Gasteiger partial charge is 0.427 e. The topological polar surface area (TPSA) is 102 Å².